The molecular weight excluding hydrogens is 524 g/mol. The summed E-state index contributed by atoms with van der Waals surface area (Å²) >= 11 is 5.55. The van der Waals surface area contributed by atoms with Crippen molar-refractivity contribution in [1.82, 2.24) is 9.71 Å². The van der Waals surface area contributed by atoms with Crippen LogP contribution in [-0.4, -0.2) is 26.4 Å². The van der Waals surface area contributed by atoms with Crippen LogP contribution in [0.2, 0.25) is 5.02 Å². The van der Waals surface area contributed by atoms with Gasteiger partial charge in [0.25, 0.3) is 10.0 Å². The van der Waals surface area contributed by atoms with Crippen LogP contribution < -0.4 is 9.46 Å². The summed E-state index contributed by atoms with van der Waals surface area (Å²) < 4.78 is 86.3. The lowest BCUT2D eigenvalue weighted by Gasteiger charge is -2.18. The minimum absolute atomic E-state index is 0.240. The van der Waals surface area contributed by atoms with Gasteiger partial charge in [-0.25, -0.2) is 22.5 Å². The zero-order valence-electron chi connectivity index (χ0n) is 19.3. The first-order valence-corrected chi connectivity index (χ1v) is 12.3. The molecule has 2 aromatic carbocycles. The van der Waals surface area contributed by atoms with Crippen LogP contribution in [0.25, 0.3) is 11.1 Å². The number of halogens is 5. The van der Waals surface area contributed by atoms with Crippen molar-refractivity contribution in [3.8, 4) is 17.0 Å². The number of rotatable bonds is 7. The maximum Gasteiger partial charge on any atom is 0.417 e. The fraction of sp³-hybridized carbons (Fsp3) is 0.250. The van der Waals surface area contributed by atoms with Gasteiger partial charge in [-0.05, 0) is 64.6 Å². The number of amides is 1. The average molecular weight is 545 g/mol. The van der Waals surface area contributed by atoms with Crippen molar-refractivity contribution in [3.63, 3.8) is 0 Å². The molecule has 1 N–H and O–H groups in total. The van der Waals surface area contributed by atoms with Crippen molar-refractivity contribution in [2.24, 2.45) is 0 Å². The lowest BCUT2D eigenvalue weighted by Crippen LogP contribution is -2.32. The van der Waals surface area contributed by atoms with Gasteiger partial charge in [0, 0.05) is 12.3 Å². The van der Waals surface area contributed by atoms with E-state index in [1.807, 2.05) is 0 Å². The predicted octanol–water partition coefficient (Wildman–Crippen LogP) is 5.74. The molecule has 0 saturated heterocycles. The van der Waals surface area contributed by atoms with Gasteiger partial charge in [-0.2, -0.15) is 13.2 Å². The van der Waals surface area contributed by atoms with Crippen LogP contribution in [0.5, 0.6) is 5.88 Å². The highest BCUT2D eigenvalue weighted by molar-refractivity contribution is 7.90. The molecule has 0 fully saturated rings. The molecule has 0 unspecified atom stereocenters. The molecule has 0 radical (unpaired) electrons. The van der Waals surface area contributed by atoms with Crippen molar-refractivity contribution in [2.75, 3.05) is 7.11 Å². The maximum atomic E-state index is 14.5. The molecule has 12 heteroatoms. The Morgan fingerprint density at radius 2 is 1.83 bits per heavy atom. The molecule has 0 atom stereocenters. The van der Waals surface area contributed by atoms with Crippen LogP contribution >= 0.6 is 11.6 Å². The van der Waals surface area contributed by atoms with Crippen molar-refractivity contribution >= 4 is 27.5 Å². The van der Waals surface area contributed by atoms with Crippen molar-refractivity contribution in [2.45, 2.75) is 37.3 Å². The molecule has 0 aliphatic rings. The monoisotopic (exact) mass is 544 g/mol. The Morgan fingerprint density at radius 3 is 2.44 bits per heavy atom. The molecule has 0 aliphatic heterocycles. The van der Waals surface area contributed by atoms with E-state index in [0.717, 1.165) is 12.1 Å². The standard InChI is InChI=1S/C24H21ClF4N2O4S/c1-13(2)17-9-15(26)10-18(14-6-7-30-23(8-14)35-3)19(17)12-22(32)31-36(33,34)16-4-5-21(25)20(11-16)24(27,28)29/h4-11,13H,12H2,1-3H3,(H,31,32). The predicted molar refractivity (Wildman–Crippen MR) is 126 cm³/mol. The Balaban J connectivity index is 2.01. The summed E-state index contributed by atoms with van der Waals surface area (Å²) in [6.45, 7) is 3.55. The van der Waals surface area contributed by atoms with Crippen molar-refractivity contribution in [3.05, 3.63) is 76.2 Å². The van der Waals surface area contributed by atoms with E-state index in [1.54, 1.807) is 24.6 Å². The Bertz CT molecular complexity index is 1410. The van der Waals surface area contributed by atoms with Gasteiger partial charge >= 0.3 is 6.18 Å². The van der Waals surface area contributed by atoms with Gasteiger partial charge in [0.15, 0.2) is 0 Å². The highest BCUT2D eigenvalue weighted by Gasteiger charge is 2.35. The maximum absolute atomic E-state index is 14.5. The van der Waals surface area contributed by atoms with E-state index in [2.05, 4.69) is 4.98 Å². The van der Waals surface area contributed by atoms with E-state index in [1.165, 1.54) is 31.5 Å². The van der Waals surface area contributed by atoms with Gasteiger partial charge < -0.3 is 4.74 Å². The molecule has 1 heterocycles. The first kappa shape index (κ1) is 27.4. The SMILES string of the molecule is COc1cc(-c2cc(F)cc(C(C)C)c2CC(=O)NS(=O)(=O)c2ccc(Cl)c(C(F)(F)F)c2)ccn1. The number of carbonyl (C=O) groups excluding carboxylic acids is 1. The topological polar surface area (TPSA) is 85.4 Å². The number of nitrogens with one attached hydrogen (secondary N) is 1. The number of hydrogen-bond donors (Lipinski definition) is 1. The van der Waals surface area contributed by atoms with Crippen LogP contribution in [0.1, 0.15) is 36.5 Å². The Kier molecular flexibility index (Phi) is 7.94. The van der Waals surface area contributed by atoms with E-state index in [9.17, 15) is 30.8 Å². The van der Waals surface area contributed by atoms with Gasteiger partial charge in [-0.15, -0.1) is 0 Å². The van der Waals surface area contributed by atoms with Gasteiger partial charge in [-0.1, -0.05) is 25.4 Å². The largest absolute Gasteiger partial charge is 0.481 e. The van der Waals surface area contributed by atoms with Crippen LogP contribution in [0.3, 0.4) is 0 Å². The summed E-state index contributed by atoms with van der Waals surface area (Å²) in [5.74, 6) is -1.59. The Labute approximate surface area is 210 Å². The number of alkyl halides is 3. The zero-order chi connectivity index (χ0) is 26.8. The number of ether oxygens (including phenoxy) is 1. The number of pyridine rings is 1. The van der Waals surface area contributed by atoms with Crippen LogP contribution in [-0.2, 0) is 27.4 Å². The summed E-state index contributed by atoms with van der Waals surface area (Å²) in [7, 11) is -3.27. The second kappa shape index (κ2) is 10.4. The molecule has 36 heavy (non-hydrogen) atoms. The minimum atomic E-state index is -4.90. The highest BCUT2D eigenvalue weighted by atomic mass is 35.5. The second-order valence-corrected chi connectivity index (χ2v) is 10.2. The Hall–Kier alpha value is -3.18. The van der Waals surface area contributed by atoms with Crippen molar-refractivity contribution < 1.29 is 35.5 Å². The highest BCUT2D eigenvalue weighted by Crippen LogP contribution is 2.36. The fourth-order valence-corrected chi connectivity index (χ4v) is 4.85. The third-order valence-electron chi connectivity index (χ3n) is 5.27. The normalized spacial score (nSPS) is 12.0. The quantitative estimate of drug-likeness (QED) is 0.383. The van der Waals surface area contributed by atoms with Crippen LogP contribution in [0.15, 0.2) is 53.6 Å². The van der Waals surface area contributed by atoms with Gasteiger partial charge in [0.05, 0.1) is 29.0 Å². The van der Waals surface area contributed by atoms with Gasteiger partial charge in [-0.3, -0.25) is 4.79 Å². The fourth-order valence-electron chi connectivity index (χ4n) is 3.61. The van der Waals surface area contributed by atoms with Gasteiger partial charge in [0.2, 0.25) is 11.8 Å². The summed E-state index contributed by atoms with van der Waals surface area (Å²) in [5, 5.41) is -0.682. The zero-order valence-corrected chi connectivity index (χ0v) is 20.9. The molecule has 1 amide bonds. The van der Waals surface area contributed by atoms with E-state index in [0.29, 0.717) is 28.3 Å². The molecule has 6 nitrogen and oxygen atoms in total. The summed E-state index contributed by atoms with van der Waals surface area (Å²) in [6, 6.07) is 7.55. The summed E-state index contributed by atoms with van der Waals surface area (Å²) in [5.41, 5.74) is 0.242. The molecular formula is C24H21ClF4N2O4S. The van der Waals surface area contributed by atoms with E-state index in [4.69, 9.17) is 16.3 Å². The second-order valence-electron chi connectivity index (χ2n) is 8.11. The first-order chi connectivity index (χ1) is 16.7. The molecule has 0 spiro atoms. The molecule has 0 aliphatic carbocycles. The number of sulfonamides is 1. The molecule has 3 rings (SSSR count). The molecule has 0 bridgehead atoms. The van der Waals surface area contributed by atoms with E-state index >= 15 is 0 Å². The molecule has 3 aromatic rings. The minimum Gasteiger partial charge on any atom is -0.481 e. The first-order valence-electron chi connectivity index (χ1n) is 10.5. The van der Waals surface area contributed by atoms with Crippen LogP contribution in [0.4, 0.5) is 17.6 Å². The summed E-state index contributed by atoms with van der Waals surface area (Å²) in [4.78, 5) is 16.1. The number of benzene rings is 2. The molecule has 1 aromatic heterocycles. The van der Waals surface area contributed by atoms with Gasteiger partial charge in [0.1, 0.15) is 5.82 Å². The number of aromatic nitrogens is 1. The Morgan fingerprint density at radius 1 is 1.14 bits per heavy atom. The van der Waals surface area contributed by atoms with E-state index in [-0.39, 0.29) is 11.8 Å². The third-order valence-corrected chi connectivity index (χ3v) is 6.97. The average Bonchev–Trinajstić information content (AvgIpc) is 2.78. The number of methoxy groups -OCH3 is 1. The van der Waals surface area contributed by atoms with Crippen LogP contribution in [0, 0.1) is 5.82 Å². The lowest BCUT2D eigenvalue weighted by molar-refractivity contribution is -0.137. The third kappa shape index (κ3) is 6.14. The molecule has 0 saturated carbocycles. The number of nitrogens with zero attached hydrogens (tertiary/aromatic N) is 1. The smallest absolute Gasteiger partial charge is 0.417 e. The summed E-state index contributed by atoms with van der Waals surface area (Å²) in [6.07, 6.45) is -3.96. The van der Waals surface area contributed by atoms with E-state index < -0.39 is 49.8 Å². The lowest BCUT2D eigenvalue weighted by atomic mass is 9.88. The number of hydrogen-bond acceptors (Lipinski definition) is 5. The van der Waals surface area contributed by atoms with Crippen molar-refractivity contribution in [1.29, 1.82) is 0 Å². The number of carbonyl (C=O) groups is 1. The molecule has 192 valence electrons.